The van der Waals surface area contributed by atoms with Crippen molar-refractivity contribution in [3.05, 3.63) is 29.8 Å². The Hall–Kier alpha value is -1.69. The molecule has 0 bridgehead atoms. The van der Waals surface area contributed by atoms with Gasteiger partial charge in [-0.2, -0.15) is 0 Å². The minimum absolute atomic E-state index is 0.0583. The molecule has 1 aromatic carbocycles. The van der Waals surface area contributed by atoms with Crippen LogP contribution in [0.15, 0.2) is 29.2 Å². The average molecular weight is 297 g/mol. The minimum Gasteiger partial charge on any atom is -0.342 e. The van der Waals surface area contributed by atoms with Gasteiger partial charge >= 0.3 is 0 Å². The van der Waals surface area contributed by atoms with Crippen LogP contribution in [0.25, 0.3) is 0 Å². The molecule has 110 valence electrons. The van der Waals surface area contributed by atoms with Crippen LogP contribution in [0.4, 0.5) is 0 Å². The van der Waals surface area contributed by atoms with Gasteiger partial charge in [-0.3, -0.25) is 9.59 Å². The van der Waals surface area contributed by atoms with Gasteiger partial charge in [0.15, 0.2) is 15.6 Å². The molecule has 0 aliphatic carbocycles. The Morgan fingerprint density at radius 1 is 1.05 bits per heavy atom. The first kappa shape index (κ1) is 16.4. The summed E-state index contributed by atoms with van der Waals surface area (Å²) >= 11 is 0. The molecular weight excluding hydrogens is 278 g/mol. The monoisotopic (exact) mass is 297 g/mol. The number of hydrogen-bond acceptors (Lipinski definition) is 4. The van der Waals surface area contributed by atoms with E-state index in [-0.39, 0.29) is 10.7 Å². The molecule has 1 amide bonds. The van der Waals surface area contributed by atoms with Crippen molar-refractivity contribution in [1.29, 1.82) is 0 Å². The second kappa shape index (κ2) is 6.65. The fourth-order valence-corrected chi connectivity index (χ4v) is 3.04. The van der Waals surface area contributed by atoms with Gasteiger partial charge in [-0.15, -0.1) is 0 Å². The van der Waals surface area contributed by atoms with Crippen LogP contribution in [-0.4, -0.2) is 43.9 Å². The van der Waals surface area contributed by atoms with Crippen LogP contribution in [0.3, 0.4) is 0 Å². The van der Waals surface area contributed by atoms with Crippen molar-refractivity contribution in [3.8, 4) is 0 Å². The van der Waals surface area contributed by atoms with Crippen molar-refractivity contribution < 1.29 is 18.0 Å². The maximum Gasteiger partial charge on any atom is 0.238 e. The van der Waals surface area contributed by atoms with Crippen molar-refractivity contribution in [3.63, 3.8) is 0 Å². The van der Waals surface area contributed by atoms with E-state index in [2.05, 4.69) is 0 Å². The van der Waals surface area contributed by atoms with Gasteiger partial charge in [0.2, 0.25) is 5.91 Å². The summed E-state index contributed by atoms with van der Waals surface area (Å²) in [7, 11) is -3.67. The Kier molecular flexibility index (Phi) is 5.44. The van der Waals surface area contributed by atoms with Gasteiger partial charge < -0.3 is 4.90 Å². The van der Waals surface area contributed by atoms with Crippen LogP contribution in [0, 0.1) is 0 Å². The number of amides is 1. The topological polar surface area (TPSA) is 71.5 Å². The van der Waals surface area contributed by atoms with Gasteiger partial charge in [-0.1, -0.05) is 12.1 Å². The summed E-state index contributed by atoms with van der Waals surface area (Å²) in [6.45, 7) is 5.97. The standard InChI is InChI=1S/C14H19NO4S/c1-4-15(5-2)14(17)10-20(18,19)13-8-6-12(7-9-13)11(3)16/h6-9H,4-5,10H2,1-3H3. The van der Waals surface area contributed by atoms with Crippen LogP contribution in [0.1, 0.15) is 31.1 Å². The number of carbonyl (C=O) groups excluding carboxylic acids is 2. The van der Waals surface area contributed by atoms with Crippen LogP contribution in [0.5, 0.6) is 0 Å². The van der Waals surface area contributed by atoms with E-state index in [4.69, 9.17) is 0 Å². The van der Waals surface area contributed by atoms with E-state index in [1.54, 1.807) is 13.8 Å². The van der Waals surface area contributed by atoms with Crippen molar-refractivity contribution in [2.24, 2.45) is 0 Å². The first-order valence-electron chi connectivity index (χ1n) is 6.43. The van der Waals surface area contributed by atoms with Crippen LogP contribution in [0.2, 0.25) is 0 Å². The fraction of sp³-hybridized carbons (Fsp3) is 0.429. The second-order valence-corrected chi connectivity index (χ2v) is 6.40. The normalized spacial score (nSPS) is 11.2. The lowest BCUT2D eigenvalue weighted by atomic mass is 10.2. The molecule has 0 unspecified atom stereocenters. The molecule has 0 saturated carbocycles. The summed E-state index contributed by atoms with van der Waals surface area (Å²) in [4.78, 5) is 24.5. The lowest BCUT2D eigenvalue weighted by Crippen LogP contribution is -2.35. The molecule has 5 nitrogen and oxygen atoms in total. The van der Waals surface area contributed by atoms with Gasteiger partial charge in [0, 0.05) is 18.7 Å². The quantitative estimate of drug-likeness (QED) is 0.747. The Balaban J connectivity index is 2.94. The molecule has 0 atom stereocenters. The predicted octanol–water partition coefficient (Wildman–Crippen LogP) is 1.53. The molecule has 1 aromatic rings. The molecule has 6 heteroatoms. The number of benzene rings is 1. The zero-order valence-corrected chi connectivity index (χ0v) is 12.7. The number of nitrogens with zero attached hydrogens (tertiary/aromatic N) is 1. The van der Waals surface area contributed by atoms with E-state index in [9.17, 15) is 18.0 Å². The molecule has 0 fully saturated rings. The first-order valence-corrected chi connectivity index (χ1v) is 8.08. The van der Waals surface area contributed by atoms with E-state index in [0.717, 1.165) is 0 Å². The molecule has 0 aromatic heterocycles. The van der Waals surface area contributed by atoms with Gasteiger partial charge in [0.1, 0.15) is 5.75 Å². The van der Waals surface area contributed by atoms with Crippen LogP contribution < -0.4 is 0 Å². The molecule has 1 rings (SSSR count). The number of rotatable bonds is 6. The Morgan fingerprint density at radius 3 is 1.95 bits per heavy atom. The maximum absolute atomic E-state index is 12.1. The van der Waals surface area contributed by atoms with E-state index < -0.39 is 21.5 Å². The summed E-state index contributed by atoms with van der Waals surface area (Å²) < 4.78 is 24.3. The van der Waals surface area contributed by atoms with E-state index >= 15 is 0 Å². The van der Waals surface area contributed by atoms with Crippen molar-refractivity contribution >= 4 is 21.5 Å². The van der Waals surface area contributed by atoms with Crippen LogP contribution in [-0.2, 0) is 14.6 Å². The number of ketones is 1. The third-order valence-corrected chi connectivity index (χ3v) is 4.67. The Labute approximate surface area is 119 Å². The van der Waals surface area contributed by atoms with E-state index in [1.165, 1.54) is 36.1 Å². The molecular formula is C14H19NO4S. The highest BCUT2D eigenvalue weighted by molar-refractivity contribution is 7.92. The zero-order chi connectivity index (χ0) is 15.3. The highest BCUT2D eigenvalue weighted by Gasteiger charge is 2.22. The first-order chi connectivity index (χ1) is 9.31. The minimum atomic E-state index is -3.67. The third kappa shape index (κ3) is 3.90. The Morgan fingerprint density at radius 2 is 1.55 bits per heavy atom. The smallest absolute Gasteiger partial charge is 0.238 e. The largest absolute Gasteiger partial charge is 0.342 e. The van der Waals surface area contributed by atoms with Gasteiger partial charge in [0.25, 0.3) is 0 Å². The average Bonchev–Trinajstić information content (AvgIpc) is 2.39. The SMILES string of the molecule is CCN(CC)C(=O)CS(=O)(=O)c1ccc(C(C)=O)cc1. The molecule has 0 spiro atoms. The van der Waals surface area contributed by atoms with Crippen molar-refractivity contribution in [1.82, 2.24) is 4.90 Å². The molecule has 0 N–H and O–H groups in total. The molecule has 0 radical (unpaired) electrons. The Bertz CT molecular complexity index is 586. The number of sulfone groups is 1. The number of Topliss-reactive ketones (excluding diaryl/α,β-unsaturated/α-hetero) is 1. The second-order valence-electron chi connectivity index (χ2n) is 4.41. The summed E-state index contributed by atoms with van der Waals surface area (Å²) in [6, 6.07) is 5.64. The molecule has 0 saturated heterocycles. The van der Waals surface area contributed by atoms with Gasteiger partial charge in [-0.25, -0.2) is 8.42 Å². The van der Waals surface area contributed by atoms with Crippen LogP contribution >= 0.6 is 0 Å². The lowest BCUT2D eigenvalue weighted by Gasteiger charge is -2.18. The molecule has 20 heavy (non-hydrogen) atoms. The fourth-order valence-electron chi connectivity index (χ4n) is 1.81. The summed E-state index contributed by atoms with van der Waals surface area (Å²) in [5, 5.41) is 0. The molecule has 0 aliphatic heterocycles. The number of carbonyl (C=O) groups is 2. The van der Waals surface area contributed by atoms with E-state index in [1.807, 2.05) is 0 Å². The highest BCUT2D eigenvalue weighted by Crippen LogP contribution is 2.13. The maximum atomic E-state index is 12.1. The summed E-state index contributed by atoms with van der Waals surface area (Å²) in [5.74, 6) is -1.09. The summed E-state index contributed by atoms with van der Waals surface area (Å²) in [6.07, 6.45) is 0. The van der Waals surface area contributed by atoms with E-state index in [0.29, 0.717) is 18.7 Å². The van der Waals surface area contributed by atoms with Gasteiger partial charge in [-0.05, 0) is 32.9 Å². The van der Waals surface area contributed by atoms with Crippen molar-refractivity contribution in [2.75, 3.05) is 18.8 Å². The zero-order valence-electron chi connectivity index (χ0n) is 11.9. The third-order valence-electron chi connectivity index (χ3n) is 3.05. The number of hydrogen-bond donors (Lipinski definition) is 0. The summed E-state index contributed by atoms with van der Waals surface area (Å²) in [5.41, 5.74) is 0.444. The molecule has 0 heterocycles. The predicted molar refractivity (Wildman–Crippen MR) is 76.4 cm³/mol. The molecule has 0 aliphatic rings. The lowest BCUT2D eigenvalue weighted by molar-refractivity contribution is -0.128. The highest BCUT2D eigenvalue weighted by atomic mass is 32.2. The van der Waals surface area contributed by atoms with Gasteiger partial charge in [0.05, 0.1) is 4.90 Å². The van der Waals surface area contributed by atoms with Crippen molar-refractivity contribution in [2.45, 2.75) is 25.7 Å².